The highest BCUT2D eigenvalue weighted by atomic mass is 16.5. The van der Waals surface area contributed by atoms with Crippen molar-refractivity contribution < 1.29 is 23.9 Å². The number of piperidine rings is 1. The van der Waals surface area contributed by atoms with Crippen molar-refractivity contribution in [3.8, 4) is 11.5 Å². The molecule has 1 saturated heterocycles. The van der Waals surface area contributed by atoms with E-state index in [1.165, 1.54) is 0 Å². The van der Waals surface area contributed by atoms with Crippen molar-refractivity contribution in [1.82, 2.24) is 15.5 Å². The van der Waals surface area contributed by atoms with E-state index in [0.29, 0.717) is 48.6 Å². The maximum absolute atomic E-state index is 13.0. The molecule has 0 bridgehead atoms. The molecule has 182 valence electrons. The molecule has 8 heteroatoms. The molecule has 3 rings (SSSR count). The van der Waals surface area contributed by atoms with E-state index in [2.05, 4.69) is 10.6 Å². The van der Waals surface area contributed by atoms with Gasteiger partial charge in [0.1, 0.15) is 17.5 Å². The van der Waals surface area contributed by atoms with Crippen molar-refractivity contribution in [3.05, 3.63) is 59.7 Å². The second kappa shape index (κ2) is 11.5. The van der Waals surface area contributed by atoms with Gasteiger partial charge in [-0.15, -0.1) is 0 Å². The summed E-state index contributed by atoms with van der Waals surface area (Å²) in [6.07, 6.45) is 1.19. The van der Waals surface area contributed by atoms with Gasteiger partial charge in [-0.3, -0.25) is 14.4 Å². The Balaban J connectivity index is 1.70. The largest absolute Gasteiger partial charge is 0.497 e. The van der Waals surface area contributed by atoms with E-state index in [4.69, 9.17) is 9.47 Å². The lowest BCUT2D eigenvalue weighted by Gasteiger charge is -2.36. The number of carbonyl (C=O) groups is 3. The molecule has 1 atom stereocenters. The van der Waals surface area contributed by atoms with E-state index >= 15 is 0 Å². The average molecular weight is 468 g/mol. The average Bonchev–Trinajstić information content (AvgIpc) is 2.86. The summed E-state index contributed by atoms with van der Waals surface area (Å²) in [5, 5.41) is 5.84. The molecule has 34 heavy (non-hydrogen) atoms. The fourth-order valence-corrected chi connectivity index (χ4v) is 4.17. The van der Waals surface area contributed by atoms with Crippen LogP contribution in [0.4, 0.5) is 0 Å². The van der Waals surface area contributed by atoms with Gasteiger partial charge in [-0.1, -0.05) is 12.1 Å². The zero-order valence-corrected chi connectivity index (χ0v) is 20.2. The van der Waals surface area contributed by atoms with Crippen LogP contribution in [0, 0.1) is 5.92 Å². The number of amides is 3. The first kappa shape index (κ1) is 25.1. The summed E-state index contributed by atoms with van der Waals surface area (Å²) in [6.45, 7) is 4.75. The highest BCUT2D eigenvalue weighted by Crippen LogP contribution is 2.26. The van der Waals surface area contributed by atoms with Gasteiger partial charge in [0.2, 0.25) is 5.91 Å². The molecule has 0 aromatic heterocycles. The van der Waals surface area contributed by atoms with Crippen molar-refractivity contribution in [1.29, 1.82) is 0 Å². The summed E-state index contributed by atoms with van der Waals surface area (Å²) in [5.41, 5.74) is 0.970. The molecule has 0 aliphatic carbocycles. The number of nitrogens with one attached hydrogen (secondary N) is 2. The second-order valence-electron chi connectivity index (χ2n) is 8.67. The predicted octanol–water partition coefficient (Wildman–Crippen LogP) is 2.88. The number of nitrogens with zero attached hydrogens (tertiary/aromatic N) is 1. The number of carbonyl (C=O) groups excluding carboxylic acids is 3. The van der Waals surface area contributed by atoms with Crippen LogP contribution >= 0.6 is 0 Å². The Morgan fingerprint density at radius 1 is 0.912 bits per heavy atom. The third-order valence-corrected chi connectivity index (χ3v) is 5.99. The number of benzene rings is 2. The first-order valence-electron chi connectivity index (χ1n) is 11.5. The maximum atomic E-state index is 13.0. The number of rotatable bonds is 8. The fourth-order valence-electron chi connectivity index (χ4n) is 4.17. The van der Waals surface area contributed by atoms with Crippen LogP contribution in [0.1, 0.15) is 47.4 Å². The molecule has 2 aromatic rings. The highest BCUT2D eigenvalue weighted by Gasteiger charge is 2.34. The maximum Gasteiger partial charge on any atom is 0.257 e. The monoisotopic (exact) mass is 467 g/mol. The second-order valence-corrected chi connectivity index (χ2v) is 8.67. The summed E-state index contributed by atoms with van der Waals surface area (Å²) < 4.78 is 10.5. The molecule has 0 saturated carbocycles. The van der Waals surface area contributed by atoms with Crippen LogP contribution < -0.4 is 20.1 Å². The lowest BCUT2D eigenvalue weighted by Crippen LogP contribution is -2.54. The van der Waals surface area contributed by atoms with Crippen LogP contribution in [0.5, 0.6) is 11.5 Å². The van der Waals surface area contributed by atoms with Gasteiger partial charge in [-0.2, -0.15) is 0 Å². The Bertz CT molecular complexity index is 998. The number of para-hydroxylation sites is 1. The molecule has 0 radical (unpaired) electrons. The summed E-state index contributed by atoms with van der Waals surface area (Å²) >= 11 is 0. The van der Waals surface area contributed by atoms with Crippen molar-refractivity contribution in [2.45, 2.75) is 38.8 Å². The molecule has 1 aliphatic rings. The van der Waals surface area contributed by atoms with Crippen molar-refractivity contribution in [2.24, 2.45) is 5.92 Å². The van der Waals surface area contributed by atoms with Gasteiger partial charge in [-0.25, -0.2) is 0 Å². The molecule has 0 unspecified atom stereocenters. The Labute approximate surface area is 200 Å². The summed E-state index contributed by atoms with van der Waals surface area (Å²) in [7, 11) is 3.11. The van der Waals surface area contributed by atoms with E-state index in [9.17, 15) is 14.4 Å². The van der Waals surface area contributed by atoms with Crippen LogP contribution in [-0.2, 0) is 4.79 Å². The Morgan fingerprint density at radius 2 is 1.56 bits per heavy atom. The standard InChI is InChI=1S/C26H33N3O5/c1-17(2)27-25(31)23(28-24(30)19-9-11-20(33-3)12-10-19)18-13-15-29(16-14-18)26(32)21-7-5-6-8-22(21)34-4/h5-12,17-18,23H,13-16H2,1-4H3,(H,27,31)(H,28,30)/t23-/m0/s1. The molecule has 2 aromatic carbocycles. The minimum atomic E-state index is -0.694. The number of methoxy groups -OCH3 is 2. The molecule has 3 amide bonds. The van der Waals surface area contributed by atoms with Crippen molar-refractivity contribution in [3.63, 3.8) is 0 Å². The lowest BCUT2D eigenvalue weighted by atomic mass is 9.88. The lowest BCUT2D eigenvalue weighted by molar-refractivity contribution is -0.125. The van der Waals surface area contributed by atoms with Gasteiger partial charge in [0.25, 0.3) is 11.8 Å². The number of hydrogen-bond acceptors (Lipinski definition) is 5. The molecule has 1 heterocycles. The zero-order valence-electron chi connectivity index (χ0n) is 20.2. The summed E-state index contributed by atoms with van der Waals surface area (Å²) in [4.78, 5) is 40.7. The molecule has 2 N–H and O–H groups in total. The first-order valence-corrected chi connectivity index (χ1v) is 11.5. The van der Waals surface area contributed by atoms with E-state index in [1.807, 2.05) is 26.0 Å². The molecule has 1 aliphatic heterocycles. The SMILES string of the molecule is COc1ccc(C(=O)N[C@H](C(=O)NC(C)C)C2CCN(C(=O)c3ccccc3OC)CC2)cc1. The number of likely N-dealkylation sites (tertiary alicyclic amines) is 1. The molecular formula is C26H33N3O5. The molecule has 1 fully saturated rings. The quantitative estimate of drug-likeness (QED) is 0.622. The fraction of sp³-hybridized carbons (Fsp3) is 0.423. The Hall–Kier alpha value is -3.55. The van der Waals surface area contributed by atoms with Gasteiger partial charge >= 0.3 is 0 Å². The van der Waals surface area contributed by atoms with Crippen LogP contribution in [0.3, 0.4) is 0 Å². The summed E-state index contributed by atoms with van der Waals surface area (Å²) in [5.74, 6) is 0.461. The number of ether oxygens (including phenoxy) is 2. The third kappa shape index (κ3) is 6.07. The smallest absolute Gasteiger partial charge is 0.257 e. The van der Waals surface area contributed by atoms with E-state index < -0.39 is 6.04 Å². The minimum Gasteiger partial charge on any atom is -0.497 e. The molecule has 8 nitrogen and oxygen atoms in total. The van der Waals surface area contributed by atoms with Crippen LogP contribution in [0.25, 0.3) is 0 Å². The summed E-state index contributed by atoms with van der Waals surface area (Å²) in [6, 6.07) is 13.2. The van der Waals surface area contributed by atoms with E-state index in [1.54, 1.807) is 55.5 Å². The van der Waals surface area contributed by atoms with Crippen LogP contribution in [0.15, 0.2) is 48.5 Å². The molecule has 0 spiro atoms. The normalized spacial score (nSPS) is 14.9. The van der Waals surface area contributed by atoms with Gasteiger partial charge in [0.15, 0.2) is 0 Å². The minimum absolute atomic E-state index is 0.0555. The third-order valence-electron chi connectivity index (χ3n) is 5.99. The first-order chi connectivity index (χ1) is 16.3. The predicted molar refractivity (Wildman–Crippen MR) is 129 cm³/mol. The number of hydrogen-bond donors (Lipinski definition) is 2. The van der Waals surface area contributed by atoms with Gasteiger partial charge in [0, 0.05) is 24.7 Å². The Kier molecular flexibility index (Phi) is 8.51. The van der Waals surface area contributed by atoms with Gasteiger partial charge < -0.3 is 25.0 Å². The van der Waals surface area contributed by atoms with Crippen molar-refractivity contribution >= 4 is 17.7 Å². The highest BCUT2D eigenvalue weighted by molar-refractivity contribution is 5.98. The van der Waals surface area contributed by atoms with Crippen LogP contribution in [0.2, 0.25) is 0 Å². The van der Waals surface area contributed by atoms with Crippen LogP contribution in [-0.4, -0.2) is 62.0 Å². The Morgan fingerprint density at radius 3 is 2.15 bits per heavy atom. The molecular weight excluding hydrogens is 434 g/mol. The zero-order chi connectivity index (χ0) is 24.7. The topological polar surface area (TPSA) is 97.0 Å². The van der Waals surface area contributed by atoms with E-state index in [-0.39, 0.29) is 29.7 Å². The van der Waals surface area contributed by atoms with E-state index in [0.717, 1.165) is 0 Å². The van der Waals surface area contributed by atoms with Gasteiger partial charge in [0.05, 0.1) is 19.8 Å². The van der Waals surface area contributed by atoms with Gasteiger partial charge in [-0.05, 0) is 69.0 Å². The van der Waals surface area contributed by atoms with Crippen molar-refractivity contribution in [2.75, 3.05) is 27.3 Å².